The van der Waals surface area contributed by atoms with Crippen molar-refractivity contribution in [3.8, 4) is 11.8 Å². The molecule has 0 aromatic heterocycles. The maximum atomic E-state index is 12.7. The van der Waals surface area contributed by atoms with Gasteiger partial charge in [0.15, 0.2) is 0 Å². The molecule has 3 rings (SSSR count). The molecule has 182 valence electrons. The Morgan fingerprint density at radius 1 is 1.18 bits per heavy atom. The van der Waals surface area contributed by atoms with Crippen LogP contribution >= 0.6 is 0 Å². The molecule has 1 aliphatic heterocycles. The number of alkyl halides is 3. The van der Waals surface area contributed by atoms with E-state index in [2.05, 4.69) is 49.1 Å². The lowest BCUT2D eigenvalue weighted by Crippen LogP contribution is -2.51. The molecule has 0 spiro atoms. The van der Waals surface area contributed by atoms with E-state index in [0.717, 1.165) is 36.2 Å². The Hall–Kier alpha value is -3.21. The van der Waals surface area contributed by atoms with Gasteiger partial charge in [0.05, 0.1) is 11.6 Å². The summed E-state index contributed by atoms with van der Waals surface area (Å²) in [6.45, 7) is 8.88. The fraction of sp³-hybridized carbons (Fsp3) is 0.462. The van der Waals surface area contributed by atoms with Gasteiger partial charge in [0, 0.05) is 29.3 Å². The number of nitrogens with one attached hydrogen (secondary N) is 2. The van der Waals surface area contributed by atoms with Gasteiger partial charge in [-0.05, 0) is 66.3 Å². The highest BCUT2D eigenvalue weighted by Crippen LogP contribution is 2.45. The minimum absolute atomic E-state index is 0.0624. The molecule has 3 unspecified atom stereocenters. The zero-order valence-corrected chi connectivity index (χ0v) is 19.8. The summed E-state index contributed by atoms with van der Waals surface area (Å²) in [5, 5.41) is 15.9. The molecular weight excluding hydrogens is 443 g/mol. The lowest BCUT2D eigenvalue weighted by molar-refractivity contribution is -0.274. The molecule has 3 atom stereocenters. The lowest BCUT2D eigenvalue weighted by Gasteiger charge is -2.47. The molecule has 0 bridgehead atoms. The smallest absolute Gasteiger partial charge is 0.406 e. The number of anilines is 1. The Balaban J connectivity index is 1.72. The number of hydrogen-bond acceptors (Lipinski definition) is 4. The van der Waals surface area contributed by atoms with Crippen LogP contribution in [0.5, 0.6) is 5.75 Å². The van der Waals surface area contributed by atoms with Crippen molar-refractivity contribution >= 4 is 11.6 Å². The number of rotatable bonds is 7. The number of nitrogens with zero attached hydrogens (tertiary/aromatic N) is 1. The summed E-state index contributed by atoms with van der Waals surface area (Å²) in [5.41, 5.74) is 2.75. The number of halogens is 3. The molecule has 0 saturated carbocycles. The van der Waals surface area contributed by atoms with Crippen molar-refractivity contribution in [1.82, 2.24) is 5.32 Å². The Bertz CT molecular complexity index is 1060. The molecular formula is C26H30F3N3O2. The van der Waals surface area contributed by atoms with Crippen molar-refractivity contribution in [2.24, 2.45) is 11.3 Å². The van der Waals surface area contributed by atoms with E-state index in [1.165, 1.54) is 12.1 Å². The molecule has 1 heterocycles. The second-order valence-corrected chi connectivity index (χ2v) is 9.53. The van der Waals surface area contributed by atoms with E-state index in [4.69, 9.17) is 0 Å². The van der Waals surface area contributed by atoms with Gasteiger partial charge in [0.1, 0.15) is 5.75 Å². The maximum absolute atomic E-state index is 12.7. The summed E-state index contributed by atoms with van der Waals surface area (Å²) in [4.78, 5) is 12.7. The third-order valence-electron chi connectivity index (χ3n) is 6.55. The van der Waals surface area contributed by atoms with Gasteiger partial charge in [-0.1, -0.05) is 34.1 Å². The van der Waals surface area contributed by atoms with Gasteiger partial charge in [-0.25, -0.2) is 0 Å². The maximum Gasteiger partial charge on any atom is 0.573 e. The minimum atomic E-state index is -4.78. The molecule has 8 heteroatoms. The van der Waals surface area contributed by atoms with E-state index >= 15 is 0 Å². The largest absolute Gasteiger partial charge is 0.573 e. The van der Waals surface area contributed by atoms with Crippen molar-refractivity contribution in [3.05, 3.63) is 59.2 Å². The molecule has 1 aliphatic rings. The number of carbonyl (C=O) groups is 1. The van der Waals surface area contributed by atoms with E-state index in [9.17, 15) is 23.2 Å². The molecule has 1 amide bonds. The van der Waals surface area contributed by atoms with E-state index in [-0.39, 0.29) is 40.5 Å². The summed E-state index contributed by atoms with van der Waals surface area (Å²) < 4.78 is 40.9. The third-order valence-corrected chi connectivity index (χ3v) is 6.55. The zero-order valence-electron chi connectivity index (χ0n) is 19.8. The van der Waals surface area contributed by atoms with Gasteiger partial charge in [0.25, 0.3) is 5.91 Å². The topological polar surface area (TPSA) is 74.2 Å². The highest BCUT2D eigenvalue weighted by atomic mass is 19.4. The highest BCUT2D eigenvalue weighted by Gasteiger charge is 2.41. The Kier molecular flexibility index (Phi) is 7.44. The van der Waals surface area contributed by atoms with Gasteiger partial charge in [-0.3, -0.25) is 4.79 Å². The molecule has 0 radical (unpaired) electrons. The minimum Gasteiger partial charge on any atom is -0.406 e. The average molecular weight is 474 g/mol. The number of ether oxygens (including phenoxy) is 1. The number of amides is 1. The van der Waals surface area contributed by atoms with Crippen LogP contribution in [0.1, 0.15) is 67.9 Å². The van der Waals surface area contributed by atoms with Gasteiger partial charge in [-0.15, -0.1) is 13.2 Å². The fourth-order valence-corrected chi connectivity index (χ4v) is 4.85. The summed E-state index contributed by atoms with van der Waals surface area (Å²) >= 11 is 0. The number of hydrogen-bond donors (Lipinski definition) is 2. The first-order valence-electron chi connectivity index (χ1n) is 11.4. The van der Waals surface area contributed by atoms with Crippen LogP contribution in [0.25, 0.3) is 0 Å². The fourth-order valence-electron chi connectivity index (χ4n) is 4.85. The summed E-state index contributed by atoms with van der Waals surface area (Å²) in [6.07, 6.45) is -2.76. The molecule has 0 saturated heterocycles. The molecule has 2 N–H and O–H groups in total. The van der Waals surface area contributed by atoms with Crippen LogP contribution in [-0.2, 0) is 0 Å². The Labute approximate surface area is 198 Å². The molecule has 0 fully saturated rings. The second kappa shape index (κ2) is 9.96. The first kappa shape index (κ1) is 25.4. The highest BCUT2D eigenvalue weighted by molar-refractivity contribution is 5.94. The van der Waals surface area contributed by atoms with Crippen molar-refractivity contribution in [1.29, 1.82) is 5.26 Å². The van der Waals surface area contributed by atoms with Crippen molar-refractivity contribution in [2.45, 2.75) is 58.9 Å². The number of nitriles is 1. The molecule has 2 aromatic rings. The summed E-state index contributed by atoms with van der Waals surface area (Å²) in [5.74, 6) is -0.188. The van der Waals surface area contributed by atoms with Crippen molar-refractivity contribution < 1.29 is 22.7 Å². The molecule has 34 heavy (non-hydrogen) atoms. The first-order chi connectivity index (χ1) is 15.9. The average Bonchev–Trinajstić information content (AvgIpc) is 2.78. The number of carbonyl (C=O) groups excluding carboxylic acids is 1. The molecule has 2 aromatic carbocycles. The van der Waals surface area contributed by atoms with Gasteiger partial charge in [0.2, 0.25) is 0 Å². The van der Waals surface area contributed by atoms with Gasteiger partial charge in [-0.2, -0.15) is 5.26 Å². The van der Waals surface area contributed by atoms with Crippen LogP contribution in [-0.4, -0.2) is 24.9 Å². The van der Waals surface area contributed by atoms with E-state index < -0.39 is 6.36 Å². The van der Waals surface area contributed by atoms with E-state index in [0.29, 0.717) is 12.1 Å². The van der Waals surface area contributed by atoms with E-state index in [1.807, 2.05) is 18.2 Å². The zero-order chi connectivity index (χ0) is 25.1. The van der Waals surface area contributed by atoms with E-state index in [1.54, 1.807) is 0 Å². The number of benzene rings is 2. The molecule has 0 aliphatic carbocycles. The normalized spacial score (nSPS) is 20.0. The Morgan fingerprint density at radius 3 is 2.44 bits per heavy atom. The van der Waals surface area contributed by atoms with Crippen LogP contribution in [0.2, 0.25) is 0 Å². The predicted molar refractivity (Wildman–Crippen MR) is 125 cm³/mol. The van der Waals surface area contributed by atoms with Crippen LogP contribution in [0.15, 0.2) is 42.5 Å². The standard InChI is InChI=1S/C26H30F3N3O2/c1-5-6-20-16(2)23(32-22-12-7-17(14-30)13-21(20)22)25(3,4)15-31-24(33)18-8-10-19(11-9-18)34-26(27,28)29/h7-13,16,20,23,32H,5-6,15H2,1-4H3,(H,31,33). The molecule has 5 nitrogen and oxygen atoms in total. The number of fused-ring (bicyclic) bond motifs is 1. The van der Waals surface area contributed by atoms with Crippen LogP contribution < -0.4 is 15.4 Å². The summed E-state index contributed by atoms with van der Waals surface area (Å²) in [7, 11) is 0. The quantitative estimate of drug-likeness (QED) is 0.500. The monoisotopic (exact) mass is 473 g/mol. The van der Waals surface area contributed by atoms with Crippen LogP contribution in [0, 0.1) is 22.7 Å². The van der Waals surface area contributed by atoms with Crippen LogP contribution in [0.3, 0.4) is 0 Å². The summed E-state index contributed by atoms with van der Waals surface area (Å²) in [6, 6.07) is 12.9. The first-order valence-corrected chi connectivity index (χ1v) is 11.4. The third kappa shape index (κ3) is 5.82. The van der Waals surface area contributed by atoms with Crippen molar-refractivity contribution in [3.63, 3.8) is 0 Å². The predicted octanol–water partition coefficient (Wildman–Crippen LogP) is 6.23. The Morgan fingerprint density at radius 2 is 1.85 bits per heavy atom. The second-order valence-electron chi connectivity index (χ2n) is 9.53. The lowest BCUT2D eigenvalue weighted by atomic mass is 9.67. The van der Waals surface area contributed by atoms with Gasteiger partial charge < -0.3 is 15.4 Å². The van der Waals surface area contributed by atoms with Crippen LogP contribution in [0.4, 0.5) is 18.9 Å². The van der Waals surface area contributed by atoms with Crippen molar-refractivity contribution in [2.75, 3.05) is 11.9 Å². The SMILES string of the molecule is CCCC1c2cc(C#N)ccc2NC(C(C)(C)CNC(=O)c2ccc(OC(F)(F)F)cc2)C1C. The van der Waals surface area contributed by atoms with Gasteiger partial charge >= 0.3 is 6.36 Å².